The Kier molecular flexibility index (Phi) is 5.75. The first-order valence-electron chi connectivity index (χ1n) is 11.6. The highest BCUT2D eigenvalue weighted by Gasteiger charge is 2.36. The van der Waals surface area contributed by atoms with Gasteiger partial charge in [-0.25, -0.2) is 9.97 Å². The number of hydrogen-bond donors (Lipinski definition) is 4. The van der Waals surface area contributed by atoms with Crippen LogP contribution in [0.2, 0.25) is 0 Å². The third-order valence-electron chi connectivity index (χ3n) is 6.93. The Labute approximate surface area is 199 Å². The molecule has 174 valence electrons. The van der Waals surface area contributed by atoms with E-state index >= 15 is 0 Å². The van der Waals surface area contributed by atoms with E-state index in [0.29, 0.717) is 17.6 Å². The van der Waals surface area contributed by atoms with Crippen LogP contribution in [0.5, 0.6) is 0 Å². The summed E-state index contributed by atoms with van der Waals surface area (Å²) >= 11 is 0. The van der Waals surface area contributed by atoms with E-state index in [-0.39, 0.29) is 11.8 Å². The maximum absolute atomic E-state index is 12.0. The van der Waals surface area contributed by atoms with E-state index in [1.807, 2.05) is 19.2 Å². The average molecular weight is 457 g/mol. The lowest BCUT2D eigenvalue weighted by Crippen LogP contribution is -2.30. The Hall–Kier alpha value is -3.43. The first-order valence-corrected chi connectivity index (χ1v) is 11.6. The second-order valence-electron chi connectivity index (χ2n) is 9.27. The predicted octanol–water partition coefficient (Wildman–Crippen LogP) is 1.18. The molecule has 0 saturated carbocycles. The molecule has 2 atom stereocenters. The number of nitrogens with zero attached hydrogens (tertiary/aromatic N) is 3. The zero-order valence-corrected chi connectivity index (χ0v) is 19.3. The van der Waals surface area contributed by atoms with Gasteiger partial charge in [0.1, 0.15) is 11.5 Å². The number of anilines is 2. The third-order valence-corrected chi connectivity index (χ3v) is 6.93. The van der Waals surface area contributed by atoms with Crippen molar-refractivity contribution in [1.29, 1.82) is 0 Å². The topological polar surface area (TPSA) is 125 Å². The number of hydrogen-bond acceptors (Lipinski definition) is 7. The van der Waals surface area contributed by atoms with Gasteiger partial charge in [0, 0.05) is 38.0 Å². The first kappa shape index (κ1) is 22.4. The van der Waals surface area contributed by atoms with Crippen LogP contribution in [0.1, 0.15) is 51.4 Å². The molecule has 0 spiro atoms. The van der Waals surface area contributed by atoms with E-state index < -0.39 is 13.0 Å². The molecule has 1 aliphatic heterocycles. The smallest absolute Gasteiger partial charge is 0.423 e. The second kappa shape index (κ2) is 8.74. The average Bonchev–Trinajstić information content (AvgIpc) is 3.36. The molecule has 1 aromatic heterocycles. The molecule has 0 fully saturated rings. The maximum Gasteiger partial charge on any atom is 0.488 e. The molecule has 34 heavy (non-hydrogen) atoms. The van der Waals surface area contributed by atoms with Crippen molar-refractivity contribution in [2.75, 3.05) is 23.8 Å². The van der Waals surface area contributed by atoms with Crippen molar-refractivity contribution in [3.05, 3.63) is 76.2 Å². The number of aromatic nitrogens is 2. The van der Waals surface area contributed by atoms with E-state index in [1.165, 1.54) is 0 Å². The normalized spacial score (nSPS) is 18.5. The molecule has 2 aromatic carbocycles. The number of carbonyl (C=O) groups is 1. The van der Waals surface area contributed by atoms with E-state index in [2.05, 4.69) is 23.2 Å². The zero-order chi connectivity index (χ0) is 24.0. The Bertz CT molecular complexity index is 1270. The molecule has 2 heterocycles. The number of rotatable bonds is 6. The first-order chi connectivity index (χ1) is 16.3. The van der Waals surface area contributed by atoms with Crippen LogP contribution in [-0.2, 0) is 19.4 Å². The highest BCUT2D eigenvalue weighted by atomic mass is 16.4. The van der Waals surface area contributed by atoms with Gasteiger partial charge < -0.3 is 26.0 Å². The van der Waals surface area contributed by atoms with E-state index in [0.717, 1.165) is 59.1 Å². The van der Waals surface area contributed by atoms with Crippen molar-refractivity contribution < 1.29 is 14.8 Å². The summed E-state index contributed by atoms with van der Waals surface area (Å²) < 4.78 is 0. The molecular weight excluding hydrogens is 429 g/mol. The monoisotopic (exact) mass is 457 g/mol. The summed E-state index contributed by atoms with van der Waals surface area (Å²) in [4.78, 5) is 24.1. The van der Waals surface area contributed by atoms with Gasteiger partial charge in [-0.2, -0.15) is 0 Å². The lowest BCUT2D eigenvalue weighted by molar-refractivity contribution is 0.0999. The van der Waals surface area contributed by atoms with Gasteiger partial charge in [-0.3, -0.25) is 4.79 Å². The van der Waals surface area contributed by atoms with Gasteiger partial charge >= 0.3 is 7.12 Å². The van der Waals surface area contributed by atoms with E-state index in [4.69, 9.17) is 15.7 Å². The molecule has 0 bridgehead atoms. The van der Waals surface area contributed by atoms with Gasteiger partial charge in [0.05, 0.1) is 5.69 Å². The van der Waals surface area contributed by atoms with Crippen LogP contribution in [0.25, 0.3) is 0 Å². The molecule has 2 unspecified atom stereocenters. The van der Waals surface area contributed by atoms with Gasteiger partial charge in [-0.05, 0) is 40.6 Å². The second-order valence-corrected chi connectivity index (χ2v) is 9.27. The van der Waals surface area contributed by atoms with Crippen LogP contribution in [0, 0.1) is 5.92 Å². The van der Waals surface area contributed by atoms with Crippen molar-refractivity contribution >= 4 is 30.0 Å². The van der Waals surface area contributed by atoms with Gasteiger partial charge in [-0.15, -0.1) is 0 Å². The number of nitrogens with one attached hydrogen (secondary N) is 1. The van der Waals surface area contributed by atoms with Crippen LogP contribution in [0.3, 0.4) is 0 Å². The van der Waals surface area contributed by atoms with Crippen LogP contribution in [0.15, 0.2) is 42.5 Å². The maximum atomic E-state index is 12.0. The fourth-order valence-corrected chi connectivity index (χ4v) is 5.29. The van der Waals surface area contributed by atoms with Crippen molar-refractivity contribution in [2.45, 2.75) is 32.2 Å². The van der Waals surface area contributed by atoms with Crippen LogP contribution in [0.4, 0.5) is 11.5 Å². The minimum atomic E-state index is -1.50. The number of nitrogens with two attached hydrogens (primary N) is 1. The quantitative estimate of drug-likeness (QED) is 0.410. The number of primary amides is 1. The van der Waals surface area contributed by atoms with Crippen molar-refractivity contribution in [3.8, 4) is 0 Å². The van der Waals surface area contributed by atoms with Gasteiger partial charge in [0.25, 0.3) is 0 Å². The summed E-state index contributed by atoms with van der Waals surface area (Å²) in [6, 6.07) is 12.9. The fourth-order valence-electron chi connectivity index (χ4n) is 5.29. The summed E-state index contributed by atoms with van der Waals surface area (Å²) in [6.07, 6.45) is 1.61. The number of carbonyl (C=O) groups excluding carboxylic acids is 1. The Morgan fingerprint density at radius 3 is 2.79 bits per heavy atom. The molecule has 1 amide bonds. The third kappa shape index (κ3) is 3.91. The van der Waals surface area contributed by atoms with Crippen LogP contribution < -0.4 is 21.4 Å². The highest BCUT2D eigenvalue weighted by molar-refractivity contribution is 6.58. The minimum Gasteiger partial charge on any atom is -0.423 e. The predicted molar refractivity (Wildman–Crippen MR) is 132 cm³/mol. The number of amides is 1. The SMILES string of the molecule is CC1Cc2c(C(N)=O)cccc2C1c1nc2c(c(NCc3cccc(B(O)O)c3)n1)N(C)CC2. The summed E-state index contributed by atoms with van der Waals surface area (Å²) in [5, 5.41) is 22.4. The van der Waals surface area contributed by atoms with Gasteiger partial charge in [0.15, 0.2) is 5.82 Å². The standard InChI is InChI=1S/C25H28BN5O3/c1-14-11-19-17(7-4-8-18(19)23(27)32)21(14)24-29-20-9-10-31(2)22(20)25(30-24)28-13-15-5-3-6-16(12-15)26(33)34/h3-8,12,14,21,33-34H,9-11,13H2,1-2H3,(H2,27,32)(H,28,29,30). The molecule has 0 saturated heterocycles. The number of fused-ring (bicyclic) bond motifs is 2. The van der Waals surface area contributed by atoms with E-state index in [9.17, 15) is 14.8 Å². The molecule has 1 aliphatic carbocycles. The molecule has 0 radical (unpaired) electrons. The molecule has 5 rings (SSSR count). The molecule has 9 heteroatoms. The Morgan fingerprint density at radius 2 is 2.03 bits per heavy atom. The summed E-state index contributed by atoms with van der Waals surface area (Å²) in [5.41, 5.74) is 11.7. The van der Waals surface area contributed by atoms with Gasteiger partial charge in [-0.1, -0.05) is 43.3 Å². The summed E-state index contributed by atoms with van der Waals surface area (Å²) in [7, 11) is 0.533. The molecule has 8 nitrogen and oxygen atoms in total. The fraction of sp³-hybridized carbons (Fsp3) is 0.320. The minimum absolute atomic E-state index is 0.0149. The van der Waals surface area contributed by atoms with Gasteiger partial charge in [0.2, 0.25) is 5.91 Å². The number of likely N-dealkylation sites (N-methyl/N-ethyl adjacent to an activating group) is 1. The molecule has 3 aromatic rings. The van der Waals surface area contributed by atoms with Crippen molar-refractivity contribution in [3.63, 3.8) is 0 Å². The van der Waals surface area contributed by atoms with Crippen LogP contribution in [-0.4, -0.2) is 46.6 Å². The number of benzene rings is 2. The van der Waals surface area contributed by atoms with E-state index in [1.54, 1.807) is 24.3 Å². The van der Waals surface area contributed by atoms with Crippen LogP contribution >= 0.6 is 0 Å². The lowest BCUT2D eigenvalue weighted by atomic mass is 9.80. The zero-order valence-electron chi connectivity index (χ0n) is 19.3. The lowest BCUT2D eigenvalue weighted by Gasteiger charge is -2.21. The molecular formula is C25H28BN5O3. The molecule has 2 aliphatic rings. The summed E-state index contributed by atoms with van der Waals surface area (Å²) in [5.74, 6) is 1.34. The van der Waals surface area contributed by atoms with Crippen molar-refractivity contribution in [1.82, 2.24) is 9.97 Å². The Balaban J connectivity index is 1.52. The molecule has 5 N–H and O–H groups in total. The van der Waals surface area contributed by atoms with Crippen molar-refractivity contribution in [2.24, 2.45) is 11.7 Å². The largest absolute Gasteiger partial charge is 0.488 e. The Morgan fingerprint density at radius 1 is 1.24 bits per heavy atom. The summed E-state index contributed by atoms with van der Waals surface area (Å²) in [6.45, 7) is 3.52. The highest BCUT2D eigenvalue weighted by Crippen LogP contribution is 2.44.